The zero-order valence-electron chi connectivity index (χ0n) is 20.3. The average molecular weight is 463 g/mol. The van der Waals surface area contributed by atoms with Crippen molar-refractivity contribution in [1.82, 2.24) is 34.8 Å². The maximum Gasteiger partial charge on any atom is 0.163 e. The van der Waals surface area contributed by atoms with Gasteiger partial charge in [0.05, 0.1) is 16.8 Å². The van der Waals surface area contributed by atoms with Crippen molar-refractivity contribution in [3.63, 3.8) is 0 Å². The van der Waals surface area contributed by atoms with Gasteiger partial charge in [-0.2, -0.15) is 10.2 Å². The molecular weight excluding hydrogens is 428 g/mol. The monoisotopic (exact) mass is 462 g/mol. The van der Waals surface area contributed by atoms with Crippen molar-refractivity contribution in [3.8, 4) is 11.3 Å². The van der Waals surface area contributed by atoms with E-state index in [0.717, 1.165) is 69.2 Å². The molecule has 3 aliphatic rings. The number of nitrogens with zero attached hydrogens (tertiary/aromatic N) is 6. The van der Waals surface area contributed by atoms with Gasteiger partial charge >= 0.3 is 0 Å². The standard InChI is InChI=1S/C25H34N8O/c1-4-26-23(34)31-10-7-25(16-31)8-11-33-21(25)12-20(30-33)24(3)13-17-18(14-27-22(17)28-15-24)19-6-9-29-32(19)5-2/h6,9,12,14-15,23,26-27,34H,4-5,7-8,10-11,13,16H2,1-3H3. The molecule has 3 aromatic rings. The minimum atomic E-state index is -0.578. The highest BCUT2D eigenvalue weighted by atomic mass is 16.3. The molecule has 9 nitrogen and oxygen atoms in total. The van der Waals surface area contributed by atoms with Crippen LogP contribution in [-0.2, 0) is 30.3 Å². The van der Waals surface area contributed by atoms with Gasteiger partial charge in [-0.3, -0.25) is 19.6 Å². The van der Waals surface area contributed by atoms with E-state index in [-0.39, 0.29) is 10.8 Å². The van der Waals surface area contributed by atoms with Crippen molar-refractivity contribution in [2.75, 3.05) is 19.6 Å². The number of nitrogens with one attached hydrogen (secondary N) is 2. The number of aliphatic hydroxyl groups excluding tert-OH is 1. The first-order valence-electron chi connectivity index (χ1n) is 12.5. The maximum absolute atomic E-state index is 10.5. The third kappa shape index (κ3) is 3.21. The van der Waals surface area contributed by atoms with Crippen molar-refractivity contribution in [2.45, 2.75) is 70.3 Å². The number of hydrogen-bond acceptors (Lipinski definition) is 6. The van der Waals surface area contributed by atoms with E-state index in [1.165, 1.54) is 16.8 Å². The number of aromatic amines is 1. The zero-order chi connectivity index (χ0) is 23.5. The molecule has 9 heteroatoms. The van der Waals surface area contributed by atoms with Gasteiger partial charge in [-0.1, -0.05) is 6.92 Å². The van der Waals surface area contributed by atoms with Gasteiger partial charge in [-0.05, 0) is 51.8 Å². The fraction of sp³-hybridized carbons (Fsp3) is 0.560. The fourth-order valence-corrected chi connectivity index (χ4v) is 6.13. The van der Waals surface area contributed by atoms with Crippen LogP contribution in [0.25, 0.3) is 11.3 Å². The van der Waals surface area contributed by atoms with Crippen molar-refractivity contribution < 1.29 is 5.11 Å². The van der Waals surface area contributed by atoms with Gasteiger partial charge in [-0.15, -0.1) is 0 Å². The summed E-state index contributed by atoms with van der Waals surface area (Å²) in [4.78, 5) is 10.3. The second kappa shape index (κ2) is 7.90. The van der Waals surface area contributed by atoms with E-state index in [1.54, 1.807) is 0 Å². The normalized spacial score (nSPS) is 26.9. The molecule has 3 aliphatic heterocycles. The van der Waals surface area contributed by atoms with Crippen molar-refractivity contribution >= 4 is 12.0 Å². The third-order valence-corrected chi connectivity index (χ3v) is 8.11. The topological polar surface area (TPSA) is 99.3 Å². The summed E-state index contributed by atoms with van der Waals surface area (Å²) in [5.41, 5.74) is 5.71. The SMILES string of the molecule is CCNC(O)N1CCC2(CCn3nc(C4(C)C=Nc5[nH]cc(-c6ccnn6CC)c5C4)cc32)C1. The van der Waals surface area contributed by atoms with E-state index < -0.39 is 6.35 Å². The van der Waals surface area contributed by atoms with Crippen molar-refractivity contribution in [2.24, 2.45) is 4.99 Å². The van der Waals surface area contributed by atoms with Gasteiger partial charge in [-0.25, -0.2) is 4.99 Å². The number of fused-ring (bicyclic) bond motifs is 3. The number of aromatic nitrogens is 5. The highest BCUT2D eigenvalue weighted by molar-refractivity contribution is 5.82. The predicted octanol–water partition coefficient (Wildman–Crippen LogP) is 2.54. The van der Waals surface area contributed by atoms with Crippen LogP contribution in [-0.4, -0.2) is 66.8 Å². The molecule has 0 aliphatic carbocycles. The Kier molecular flexibility index (Phi) is 5.05. The lowest BCUT2D eigenvalue weighted by Crippen LogP contribution is -2.45. The molecule has 3 N–H and O–H groups in total. The molecule has 0 saturated carbocycles. The number of likely N-dealkylation sites (tertiary alicyclic amines) is 1. The summed E-state index contributed by atoms with van der Waals surface area (Å²) in [5, 5.41) is 23.2. The Morgan fingerprint density at radius 1 is 1.26 bits per heavy atom. The summed E-state index contributed by atoms with van der Waals surface area (Å²) >= 11 is 0. The molecule has 0 bridgehead atoms. The van der Waals surface area contributed by atoms with Crippen LogP contribution in [0.1, 0.15) is 50.6 Å². The van der Waals surface area contributed by atoms with Gasteiger partial charge in [0.2, 0.25) is 0 Å². The molecule has 6 heterocycles. The van der Waals surface area contributed by atoms with E-state index in [2.05, 4.69) is 63.4 Å². The second-order valence-corrected chi connectivity index (χ2v) is 10.2. The lowest BCUT2D eigenvalue weighted by molar-refractivity contribution is -0.00921. The Bertz CT molecular complexity index is 1240. The molecule has 0 aromatic carbocycles. The largest absolute Gasteiger partial charge is 0.365 e. The summed E-state index contributed by atoms with van der Waals surface area (Å²) < 4.78 is 4.24. The van der Waals surface area contributed by atoms with Gasteiger partial charge < -0.3 is 10.1 Å². The van der Waals surface area contributed by atoms with Gasteiger partial charge in [0.25, 0.3) is 0 Å². The summed E-state index contributed by atoms with van der Waals surface area (Å²) in [5.74, 6) is 0.934. The van der Waals surface area contributed by atoms with Crippen LogP contribution in [0.5, 0.6) is 0 Å². The minimum absolute atomic E-state index is 0.0713. The lowest BCUT2D eigenvalue weighted by atomic mass is 9.77. The van der Waals surface area contributed by atoms with Crippen LogP contribution in [0, 0.1) is 0 Å². The van der Waals surface area contributed by atoms with Crippen LogP contribution in [0.2, 0.25) is 0 Å². The van der Waals surface area contributed by atoms with E-state index in [9.17, 15) is 5.11 Å². The predicted molar refractivity (Wildman–Crippen MR) is 131 cm³/mol. The van der Waals surface area contributed by atoms with Crippen LogP contribution in [0.15, 0.2) is 29.5 Å². The highest BCUT2D eigenvalue weighted by Gasteiger charge is 2.48. The first kappa shape index (κ1) is 21.8. The summed E-state index contributed by atoms with van der Waals surface area (Å²) in [6.45, 7) is 10.7. The number of rotatable bonds is 6. The molecule has 180 valence electrons. The first-order valence-corrected chi connectivity index (χ1v) is 12.5. The Morgan fingerprint density at radius 2 is 2.12 bits per heavy atom. The van der Waals surface area contributed by atoms with E-state index >= 15 is 0 Å². The van der Waals surface area contributed by atoms with Gasteiger partial charge in [0.1, 0.15) is 5.82 Å². The number of hydrogen-bond donors (Lipinski definition) is 3. The molecule has 34 heavy (non-hydrogen) atoms. The molecule has 1 fully saturated rings. The lowest BCUT2D eigenvalue weighted by Gasteiger charge is -2.28. The van der Waals surface area contributed by atoms with Crippen molar-refractivity contribution in [3.05, 3.63) is 41.5 Å². The van der Waals surface area contributed by atoms with E-state index in [1.807, 2.05) is 17.8 Å². The number of aliphatic imine (C=N–C) groups is 1. The molecule has 3 unspecified atom stereocenters. The molecule has 3 atom stereocenters. The molecule has 0 amide bonds. The molecule has 1 saturated heterocycles. The zero-order valence-corrected chi connectivity index (χ0v) is 20.3. The number of aliphatic hydroxyl groups is 1. The number of aryl methyl sites for hydroxylation is 2. The van der Waals surface area contributed by atoms with E-state index in [4.69, 9.17) is 10.1 Å². The second-order valence-electron chi connectivity index (χ2n) is 10.2. The molecule has 3 aromatic heterocycles. The Balaban J connectivity index is 1.30. The van der Waals surface area contributed by atoms with Crippen molar-refractivity contribution in [1.29, 1.82) is 0 Å². The maximum atomic E-state index is 10.5. The van der Waals surface area contributed by atoms with Crippen LogP contribution in [0.4, 0.5) is 5.82 Å². The minimum Gasteiger partial charge on any atom is -0.365 e. The Morgan fingerprint density at radius 3 is 2.94 bits per heavy atom. The molecular formula is C25H34N8O. The fourth-order valence-electron chi connectivity index (χ4n) is 6.13. The summed E-state index contributed by atoms with van der Waals surface area (Å²) in [6, 6.07) is 4.39. The average Bonchev–Trinajstić information content (AvgIpc) is 3.64. The van der Waals surface area contributed by atoms with Crippen LogP contribution < -0.4 is 5.32 Å². The highest BCUT2D eigenvalue weighted by Crippen LogP contribution is 2.45. The molecule has 1 spiro atoms. The van der Waals surface area contributed by atoms with Gasteiger partial charge in [0.15, 0.2) is 6.35 Å². The first-order chi connectivity index (χ1) is 16.5. The summed E-state index contributed by atoms with van der Waals surface area (Å²) in [7, 11) is 0. The number of H-pyrrole nitrogens is 1. The van der Waals surface area contributed by atoms with E-state index in [0.29, 0.717) is 0 Å². The molecule has 6 rings (SSSR count). The quantitative estimate of drug-likeness (QED) is 0.489. The Labute approximate surface area is 199 Å². The Hall–Kier alpha value is -2.75. The van der Waals surface area contributed by atoms with Gasteiger partial charge in [0, 0.05) is 67.0 Å². The third-order valence-electron chi connectivity index (χ3n) is 8.11. The van der Waals surface area contributed by atoms with Crippen LogP contribution in [0.3, 0.4) is 0 Å². The molecule has 0 radical (unpaired) electrons. The summed E-state index contributed by atoms with van der Waals surface area (Å²) in [6.07, 6.45) is 8.39. The van der Waals surface area contributed by atoms with Crippen LogP contribution >= 0.6 is 0 Å². The smallest absolute Gasteiger partial charge is 0.163 e.